The number of fused-ring (bicyclic) bond motifs is 5. The minimum Gasteiger partial charge on any atom is -0.308 e. The highest BCUT2D eigenvalue weighted by Crippen LogP contribution is 2.67. The summed E-state index contributed by atoms with van der Waals surface area (Å²) >= 11 is 1.87. The van der Waals surface area contributed by atoms with Gasteiger partial charge in [0, 0.05) is 5.92 Å². The van der Waals surface area contributed by atoms with Crippen molar-refractivity contribution in [2.45, 2.75) is 78.6 Å². The van der Waals surface area contributed by atoms with Gasteiger partial charge in [0.2, 0.25) is 0 Å². The van der Waals surface area contributed by atoms with Gasteiger partial charge < -0.3 is 3.07 Å². The molecule has 0 aliphatic heterocycles. The maximum atomic E-state index is 12.7. The van der Waals surface area contributed by atoms with Gasteiger partial charge >= 0.3 is 0 Å². The van der Waals surface area contributed by atoms with Crippen molar-refractivity contribution in [1.82, 2.24) is 0 Å². The van der Waals surface area contributed by atoms with Gasteiger partial charge in [-0.25, -0.2) is 0 Å². The summed E-state index contributed by atoms with van der Waals surface area (Å²) in [6.07, 6.45) is 12.3. The molecule has 4 aliphatic carbocycles. The van der Waals surface area contributed by atoms with E-state index >= 15 is 0 Å². The average molecular weight is 458 g/mol. The fraction of sp³-hybridized carbons (Fsp3) is 0.955. The lowest BCUT2D eigenvalue weighted by Crippen LogP contribution is -2.53. The highest BCUT2D eigenvalue weighted by molar-refractivity contribution is 14.1. The van der Waals surface area contributed by atoms with Crippen LogP contribution in [0, 0.1) is 46.3 Å². The summed E-state index contributed by atoms with van der Waals surface area (Å²) in [5, 5.41) is 0. The van der Waals surface area contributed by atoms with E-state index in [0.29, 0.717) is 17.8 Å². The molecule has 3 unspecified atom stereocenters. The van der Waals surface area contributed by atoms with Crippen molar-refractivity contribution in [2.24, 2.45) is 46.3 Å². The van der Waals surface area contributed by atoms with E-state index in [1.54, 1.807) is 0 Å². The third-order valence-electron chi connectivity index (χ3n) is 9.51. The Balaban J connectivity index is 1.57. The molecule has 4 rings (SSSR count). The van der Waals surface area contributed by atoms with Crippen molar-refractivity contribution >= 4 is 28.8 Å². The fourth-order valence-corrected chi connectivity index (χ4v) is 8.46. The first-order chi connectivity index (χ1) is 11.9. The molecule has 0 bridgehead atoms. The lowest BCUT2D eigenvalue weighted by molar-refractivity contribution is -0.137. The quantitative estimate of drug-likeness (QED) is 0.470. The zero-order valence-corrected chi connectivity index (χ0v) is 18.4. The zero-order valence-electron chi connectivity index (χ0n) is 16.2. The van der Waals surface area contributed by atoms with Crippen molar-refractivity contribution in [2.75, 3.05) is 6.61 Å². The van der Waals surface area contributed by atoms with Crippen LogP contribution in [0.1, 0.15) is 78.6 Å². The Bertz CT molecular complexity index is 534. The van der Waals surface area contributed by atoms with Crippen molar-refractivity contribution in [3.63, 3.8) is 0 Å². The summed E-state index contributed by atoms with van der Waals surface area (Å²) in [6.45, 7) is 7.86. The Hall–Kier alpha value is 0.360. The van der Waals surface area contributed by atoms with Crippen molar-refractivity contribution in [3.8, 4) is 0 Å². The summed E-state index contributed by atoms with van der Waals surface area (Å²) < 4.78 is 5.16. The van der Waals surface area contributed by atoms with E-state index in [0.717, 1.165) is 36.0 Å². The van der Waals surface area contributed by atoms with Crippen LogP contribution < -0.4 is 0 Å². The summed E-state index contributed by atoms with van der Waals surface area (Å²) in [5.41, 5.74) is 0.836. The van der Waals surface area contributed by atoms with Crippen LogP contribution in [0.3, 0.4) is 0 Å². The predicted octanol–water partition coefficient (Wildman–Crippen LogP) is 6.22. The molecule has 3 heteroatoms. The molecule has 0 aromatic carbocycles. The second-order valence-electron chi connectivity index (χ2n) is 10.4. The van der Waals surface area contributed by atoms with Crippen LogP contribution in [-0.2, 0) is 7.86 Å². The predicted molar refractivity (Wildman–Crippen MR) is 109 cm³/mol. The molecule has 0 aromatic heterocycles. The number of Topliss-reactive ketones (excluding diaryl/α,β-unsaturated/α-hetero) is 1. The van der Waals surface area contributed by atoms with Gasteiger partial charge in [-0.2, -0.15) is 0 Å². The lowest BCUT2D eigenvalue weighted by Gasteiger charge is -2.61. The highest BCUT2D eigenvalue weighted by atomic mass is 127. The molecule has 0 amide bonds. The minimum atomic E-state index is 0.249. The van der Waals surface area contributed by atoms with E-state index < -0.39 is 0 Å². The molecule has 4 fully saturated rings. The molecule has 0 N–H and O–H groups in total. The number of halogens is 1. The molecule has 142 valence electrons. The second-order valence-corrected chi connectivity index (χ2v) is 11.1. The number of carbonyl (C=O) groups is 1. The van der Waals surface area contributed by atoms with Crippen LogP contribution in [0.4, 0.5) is 0 Å². The topological polar surface area (TPSA) is 26.3 Å². The molecule has 0 spiro atoms. The van der Waals surface area contributed by atoms with Crippen molar-refractivity contribution in [1.29, 1.82) is 0 Å². The maximum absolute atomic E-state index is 12.7. The van der Waals surface area contributed by atoms with Crippen LogP contribution in [0.2, 0.25) is 0 Å². The van der Waals surface area contributed by atoms with Gasteiger partial charge in [0.15, 0.2) is 5.78 Å². The number of hydrogen-bond acceptors (Lipinski definition) is 2. The standard InChI is InChI=1S/C22H35IO2/c1-14-8-10-21(2)15(12-14)4-5-16-17-6-7-19(20(24)13-25-23)22(17,3)11-9-18(16)21/h14-19H,4-13H2,1-3H3/t14-,15?,16-,17?,18?,19+,21-,22-/m0/s1. The minimum absolute atomic E-state index is 0.249. The molecule has 0 aromatic rings. The van der Waals surface area contributed by atoms with Gasteiger partial charge in [-0.1, -0.05) is 27.2 Å². The monoisotopic (exact) mass is 458 g/mol. The summed E-state index contributed by atoms with van der Waals surface area (Å²) in [7, 11) is 0. The van der Waals surface area contributed by atoms with E-state index in [2.05, 4.69) is 20.8 Å². The van der Waals surface area contributed by atoms with Crippen LogP contribution in [0.25, 0.3) is 0 Å². The van der Waals surface area contributed by atoms with Crippen LogP contribution >= 0.6 is 23.0 Å². The first-order valence-electron chi connectivity index (χ1n) is 10.7. The summed E-state index contributed by atoms with van der Waals surface area (Å²) in [5.74, 6) is 5.11. The van der Waals surface area contributed by atoms with E-state index in [-0.39, 0.29) is 11.3 Å². The maximum Gasteiger partial charge on any atom is 0.163 e. The Morgan fingerprint density at radius 1 is 1.00 bits per heavy atom. The highest BCUT2D eigenvalue weighted by Gasteiger charge is 2.60. The molecule has 4 saturated carbocycles. The van der Waals surface area contributed by atoms with E-state index in [4.69, 9.17) is 3.07 Å². The third-order valence-corrected chi connectivity index (χ3v) is 9.82. The summed E-state index contributed by atoms with van der Waals surface area (Å²) in [6, 6.07) is 0. The Morgan fingerprint density at radius 3 is 2.48 bits per heavy atom. The van der Waals surface area contributed by atoms with Crippen molar-refractivity contribution < 1.29 is 7.86 Å². The Morgan fingerprint density at radius 2 is 1.72 bits per heavy atom. The lowest BCUT2D eigenvalue weighted by atomic mass is 9.44. The second kappa shape index (κ2) is 6.76. The molecule has 0 radical (unpaired) electrons. The van der Waals surface area contributed by atoms with E-state index in [9.17, 15) is 4.79 Å². The molecule has 25 heavy (non-hydrogen) atoms. The van der Waals surface area contributed by atoms with Crippen molar-refractivity contribution in [3.05, 3.63) is 0 Å². The Labute approximate surface area is 167 Å². The number of carbonyl (C=O) groups excluding carboxylic acids is 1. The number of rotatable bonds is 3. The molecule has 0 heterocycles. The summed E-state index contributed by atoms with van der Waals surface area (Å²) in [4.78, 5) is 12.7. The number of ketones is 1. The van der Waals surface area contributed by atoms with Gasteiger partial charge in [-0.15, -0.1) is 0 Å². The van der Waals surface area contributed by atoms with Crippen LogP contribution in [0.5, 0.6) is 0 Å². The smallest absolute Gasteiger partial charge is 0.163 e. The van der Waals surface area contributed by atoms with E-state index in [1.807, 2.05) is 23.0 Å². The van der Waals surface area contributed by atoms with Crippen LogP contribution in [-0.4, -0.2) is 12.4 Å². The number of hydrogen-bond donors (Lipinski definition) is 0. The fourth-order valence-electron chi connectivity index (χ4n) is 8.16. The molecule has 8 atom stereocenters. The average Bonchev–Trinajstić information content (AvgIpc) is 2.93. The molecular weight excluding hydrogens is 423 g/mol. The van der Waals surface area contributed by atoms with Gasteiger partial charge in [0.05, 0.1) is 0 Å². The zero-order chi connectivity index (χ0) is 17.8. The van der Waals surface area contributed by atoms with E-state index in [1.165, 1.54) is 51.4 Å². The largest absolute Gasteiger partial charge is 0.308 e. The van der Waals surface area contributed by atoms with Gasteiger partial charge in [-0.05, 0) is 91.8 Å². The first kappa shape index (κ1) is 18.7. The first-order valence-corrected chi connectivity index (χ1v) is 11.5. The molecule has 2 nitrogen and oxygen atoms in total. The molecular formula is C22H35IO2. The van der Waals surface area contributed by atoms with Gasteiger partial charge in [-0.3, -0.25) is 4.79 Å². The third kappa shape index (κ3) is 2.85. The normalized spacial score (nSPS) is 52.2. The molecule has 4 aliphatic rings. The molecule has 0 saturated heterocycles. The van der Waals surface area contributed by atoms with Gasteiger partial charge in [0.1, 0.15) is 29.6 Å². The van der Waals surface area contributed by atoms with Gasteiger partial charge in [0.25, 0.3) is 0 Å². The Kier molecular flexibility index (Phi) is 5.06. The van der Waals surface area contributed by atoms with Crippen LogP contribution in [0.15, 0.2) is 0 Å². The SMILES string of the molecule is C[C@H]1CC[C@@]2(C)C(CC[C@@H]3C2CC[C@@]2(C)C3CC[C@@H]2C(=O)COI)C1.